The molecule has 3 saturated carbocycles. The van der Waals surface area contributed by atoms with Gasteiger partial charge in [0.15, 0.2) is 11.4 Å². The Morgan fingerprint density at radius 1 is 1.00 bits per heavy atom. The second kappa shape index (κ2) is 10.5. The second-order valence-corrected chi connectivity index (χ2v) is 16.5. The molecule has 1 spiro atoms. The molecule has 11 atom stereocenters. The Labute approximate surface area is 276 Å². The molecule has 0 radical (unpaired) electrons. The molecule has 0 aromatic heterocycles. The van der Waals surface area contributed by atoms with Gasteiger partial charge in [-0.1, -0.05) is 13.8 Å². The van der Waals surface area contributed by atoms with E-state index in [1.54, 1.807) is 20.8 Å². The molecule has 2 saturated heterocycles. The summed E-state index contributed by atoms with van der Waals surface area (Å²) in [6.07, 6.45) is -2.52. The number of hydrogen-bond acceptors (Lipinski definition) is 11. The van der Waals surface area contributed by atoms with Crippen LogP contribution >= 0.6 is 0 Å². The predicted octanol–water partition coefficient (Wildman–Crippen LogP) is 3.12. The standard InChI is InChI=1S/C35H51NO11/c1-16-22(44-29(40)30(6,7)17(2)36-18(3)37)14-35(41)28(43-19(4)38)26-33(13-21(33)12-23-34(26,15-42-23)45-20(5)39)27-25(24(16)31(35,8)9)46-32(10,11)47-27/h17,21-23,25-28,41H,12-15H2,1-11H3,(H,36,37)/t17-,21+,22-,23+,25+,26-,27+,28-,33+,34-,35+/m0/s1. The van der Waals surface area contributed by atoms with Crippen molar-refractivity contribution in [2.45, 2.75) is 149 Å². The van der Waals surface area contributed by atoms with Crippen LogP contribution in [0.4, 0.5) is 0 Å². The number of esters is 3. The summed E-state index contributed by atoms with van der Waals surface area (Å²) < 4.78 is 38.4. The number of rotatable bonds is 6. The fraction of sp³-hybridized carbons (Fsp3) is 0.829. The second-order valence-electron chi connectivity index (χ2n) is 16.5. The Morgan fingerprint density at radius 2 is 1.66 bits per heavy atom. The lowest BCUT2D eigenvalue weighted by molar-refractivity contribution is -0.335. The van der Waals surface area contributed by atoms with Crippen LogP contribution in [-0.4, -0.2) is 89.1 Å². The van der Waals surface area contributed by atoms with Gasteiger partial charge in [0.05, 0.1) is 24.0 Å². The van der Waals surface area contributed by atoms with Gasteiger partial charge in [0, 0.05) is 44.1 Å². The molecule has 0 aromatic carbocycles. The lowest BCUT2D eigenvalue weighted by Crippen LogP contribution is -2.78. The van der Waals surface area contributed by atoms with Crippen molar-refractivity contribution in [3.05, 3.63) is 11.1 Å². The Kier molecular flexibility index (Phi) is 7.66. The average molecular weight is 662 g/mol. The van der Waals surface area contributed by atoms with Gasteiger partial charge in [-0.25, -0.2) is 0 Å². The molecule has 262 valence electrons. The van der Waals surface area contributed by atoms with E-state index in [0.29, 0.717) is 12.8 Å². The molecular weight excluding hydrogens is 610 g/mol. The lowest BCUT2D eigenvalue weighted by atomic mass is 9.48. The van der Waals surface area contributed by atoms with Crippen LogP contribution in [0.15, 0.2) is 11.1 Å². The van der Waals surface area contributed by atoms with Crippen LogP contribution in [0.3, 0.4) is 0 Å². The summed E-state index contributed by atoms with van der Waals surface area (Å²) in [5, 5.41) is 16.1. The minimum atomic E-state index is -1.82. The third kappa shape index (κ3) is 4.75. The van der Waals surface area contributed by atoms with Crippen molar-refractivity contribution in [1.82, 2.24) is 5.32 Å². The summed E-state index contributed by atoms with van der Waals surface area (Å²) in [4.78, 5) is 51.5. The van der Waals surface area contributed by atoms with Crippen molar-refractivity contribution in [3.8, 4) is 0 Å². The smallest absolute Gasteiger partial charge is 0.314 e. The maximum absolute atomic E-state index is 13.9. The predicted molar refractivity (Wildman–Crippen MR) is 165 cm³/mol. The number of aliphatic hydroxyl groups is 1. The first kappa shape index (κ1) is 34.3. The third-order valence-electron chi connectivity index (χ3n) is 12.6. The Bertz CT molecular complexity index is 1430. The Morgan fingerprint density at radius 3 is 2.21 bits per heavy atom. The van der Waals surface area contributed by atoms with E-state index < -0.39 is 93.6 Å². The molecule has 2 heterocycles. The van der Waals surface area contributed by atoms with Crippen LogP contribution in [0.25, 0.3) is 0 Å². The molecule has 12 nitrogen and oxygen atoms in total. The first-order valence-corrected chi connectivity index (χ1v) is 16.8. The molecule has 2 bridgehead atoms. The molecule has 2 aliphatic heterocycles. The van der Waals surface area contributed by atoms with Gasteiger partial charge in [0.25, 0.3) is 0 Å². The van der Waals surface area contributed by atoms with Crippen LogP contribution < -0.4 is 5.32 Å². The summed E-state index contributed by atoms with van der Waals surface area (Å²) in [7, 11) is 0. The van der Waals surface area contributed by atoms with E-state index in [0.717, 1.165) is 11.1 Å². The summed E-state index contributed by atoms with van der Waals surface area (Å²) in [6.45, 7) is 18.7. The van der Waals surface area contributed by atoms with Gasteiger partial charge in [0.2, 0.25) is 5.91 Å². The quantitative estimate of drug-likeness (QED) is 0.245. The highest BCUT2D eigenvalue weighted by Gasteiger charge is 2.85. The van der Waals surface area contributed by atoms with Gasteiger partial charge in [-0.2, -0.15) is 0 Å². The van der Waals surface area contributed by atoms with Gasteiger partial charge < -0.3 is 38.8 Å². The van der Waals surface area contributed by atoms with Gasteiger partial charge in [-0.3, -0.25) is 19.2 Å². The molecule has 0 aromatic rings. The number of fused-ring (bicyclic) bond motifs is 6. The number of carbonyl (C=O) groups is 4. The van der Waals surface area contributed by atoms with E-state index in [9.17, 15) is 24.3 Å². The van der Waals surface area contributed by atoms with E-state index in [4.69, 9.17) is 28.4 Å². The van der Waals surface area contributed by atoms with Crippen molar-refractivity contribution in [3.63, 3.8) is 0 Å². The molecule has 0 unspecified atom stereocenters. The molecule has 6 aliphatic rings. The largest absolute Gasteiger partial charge is 0.459 e. The zero-order chi connectivity index (χ0) is 34.9. The average Bonchev–Trinajstić information content (AvgIpc) is 3.55. The third-order valence-corrected chi connectivity index (χ3v) is 12.6. The van der Waals surface area contributed by atoms with Crippen LogP contribution in [-0.2, 0) is 47.6 Å². The highest BCUT2D eigenvalue weighted by Crippen LogP contribution is 2.77. The van der Waals surface area contributed by atoms with E-state index >= 15 is 0 Å². The van der Waals surface area contributed by atoms with E-state index in [-0.39, 0.29) is 24.9 Å². The summed E-state index contributed by atoms with van der Waals surface area (Å²) in [5.41, 5.74) is -4.40. The fourth-order valence-electron chi connectivity index (χ4n) is 9.88. The van der Waals surface area contributed by atoms with Crippen LogP contribution in [0.5, 0.6) is 0 Å². The molecular formula is C35H51NO11. The molecule has 6 rings (SSSR count). The summed E-state index contributed by atoms with van der Waals surface area (Å²) in [5.74, 6) is -3.56. The van der Waals surface area contributed by atoms with Gasteiger partial charge >= 0.3 is 17.9 Å². The number of carbonyl (C=O) groups excluding carboxylic acids is 4. The molecule has 2 N–H and O–H groups in total. The van der Waals surface area contributed by atoms with Crippen molar-refractivity contribution in [2.24, 2.45) is 28.1 Å². The monoisotopic (exact) mass is 661 g/mol. The molecule has 5 fully saturated rings. The van der Waals surface area contributed by atoms with E-state index in [1.807, 2.05) is 34.6 Å². The lowest BCUT2D eigenvalue weighted by Gasteiger charge is -2.65. The highest BCUT2D eigenvalue weighted by atomic mass is 16.8. The fourth-order valence-corrected chi connectivity index (χ4v) is 9.88. The molecule has 4 aliphatic carbocycles. The number of ether oxygens (including phenoxy) is 6. The maximum atomic E-state index is 13.9. The number of nitrogens with one attached hydrogen (secondary N) is 1. The van der Waals surface area contributed by atoms with Gasteiger partial charge in [-0.05, 0) is 71.4 Å². The van der Waals surface area contributed by atoms with Gasteiger partial charge in [-0.15, -0.1) is 0 Å². The van der Waals surface area contributed by atoms with Crippen LogP contribution in [0, 0.1) is 28.1 Å². The molecule has 1 amide bonds. The minimum Gasteiger partial charge on any atom is -0.459 e. The Hall–Kier alpha value is -2.54. The first-order valence-electron chi connectivity index (χ1n) is 16.8. The topological polar surface area (TPSA) is 156 Å². The van der Waals surface area contributed by atoms with Crippen molar-refractivity contribution >= 4 is 23.8 Å². The molecule has 12 heteroatoms. The van der Waals surface area contributed by atoms with E-state index in [1.165, 1.54) is 20.8 Å². The van der Waals surface area contributed by atoms with E-state index in [2.05, 4.69) is 5.32 Å². The highest BCUT2D eigenvalue weighted by molar-refractivity contribution is 5.79. The normalized spacial score (nSPS) is 42.9. The zero-order valence-electron chi connectivity index (χ0n) is 29.5. The summed E-state index contributed by atoms with van der Waals surface area (Å²) >= 11 is 0. The number of amides is 1. The SMILES string of the molecule is CC(=O)N[C@@H](C)C(C)(C)C(=O)O[C@H]1C[C@@]2(O)[C@@H](OC(C)=O)[C@@H]3[C@]4(OC(C)=O)CO[C@@H]4C[C@@H]4C[C@@]43[C@@H]3OC(C)(C)O[C@@H]3C(=C1C)C2(C)C. The van der Waals surface area contributed by atoms with Crippen LogP contribution in [0.1, 0.15) is 95.4 Å². The maximum Gasteiger partial charge on any atom is 0.314 e. The van der Waals surface area contributed by atoms with Crippen LogP contribution in [0.2, 0.25) is 0 Å². The number of hydrogen-bond donors (Lipinski definition) is 2. The molecule has 47 heavy (non-hydrogen) atoms. The van der Waals surface area contributed by atoms with Gasteiger partial charge in [0.1, 0.15) is 30.0 Å². The van der Waals surface area contributed by atoms with Crippen molar-refractivity contribution in [1.29, 1.82) is 0 Å². The first-order chi connectivity index (χ1) is 21.5. The van der Waals surface area contributed by atoms with Crippen molar-refractivity contribution < 1.29 is 52.7 Å². The van der Waals surface area contributed by atoms with Crippen molar-refractivity contribution in [2.75, 3.05) is 6.61 Å². The minimum absolute atomic E-state index is 0.0840. The summed E-state index contributed by atoms with van der Waals surface area (Å²) in [6, 6.07) is -0.548. The Balaban J connectivity index is 1.55. The zero-order valence-corrected chi connectivity index (χ0v) is 29.5.